The van der Waals surface area contributed by atoms with Gasteiger partial charge in [-0.15, -0.1) is 12.4 Å². The molecule has 0 aliphatic heterocycles. The first kappa shape index (κ1) is 17.7. The fourth-order valence-electron chi connectivity index (χ4n) is 2.09. The van der Waals surface area contributed by atoms with Crippen molar-refractivity contribution in [3.8, 4) is 0 Å². The van der Waals surface area contributed by atoms with E-state index in [4.69, 9.17) is 4.52 Å². The predicted octanol–water partition coefficient (Wildman–Crippen LogP) is 3.36. The number of likely N-dealkylation sites (N-methyl/N-ethyl adjacent to an activating group) is 1. The highest BCUT2D eigenvalue weighted by Gasteiger charge is 2.17. The standard InChI is InChI=1S/C16H23N3O.ClH/c1-5-13-6-8-14(9-7-13)12(3)16-18-15(19-20-16)10-11(2)17-4;/h6-9,11-12,17H,5,10H2,1-4H3;1H. The Balaban J connectivity index is 0.00000220. The molecule has 0 amide bonds. The molecule has 0 saturated carbocycles. The molecule has 0 radical (unpaired) electrons. The van der Waals surface area contributed by atoms with Crippen LogP contribution in [0.1, 0.15) is 49.5 Å². The molecular formula is C16H24ClN3O. The van der Waals surface area contributed by atoms with Gasteiger partial charge in [0.15, 0.2) is 5.82 Å². The zero-order valence-electron chi connectivity index (χ0n) is 13.1. The minimum atomic E-state index is 0. The summed E-state index contributed by atoms with van der Waals surface area (Å²) in [6, 6.07) is 8.95. The first-order chi connectivity index (χ1) is 9.63. The number of nitrogens with zero attached hydrogens (tertiary/aromatic N) is 2. The summed E-state index contributed by atoms with van der Waals surface area (Å²) < 4.78 is 5.39. The van der Waals surface area contributed by atoms with Crippen LogP contribution in [0.15, 0.2) is 28.8 Å². The number of benzene rings is 1. The molecule has 2 atom stereocenters. The summed E-state index contributed by atoms with van der Waals surface area (Å²) in [5.74, 6) is 1.58. The van der Waals surface area contributed by atoms with Crippen molar-refractivity contribution in [3.63, 3.8) is 0 Å². The molecule has 116 valence electrons. The van der Waals surface area contributed by atoms with Crippen molar-refractivity contribution >= 4 is 12.4 Å². The number of aryl methyl sites for hydroxylation is 1. The fraction of sp³-hybridized carbons (Fsp3) is 0.500. The van der Waals surface area contributed by atoms with Crippen LogP contribution in [0.5, 0.6) is 0 Å². The quantitative estimate of drug-likeness (QED) is 0.889. The van der Waals surface area contributed by atoms with Gasteiger partial charge in [0.1, 0.15) is 0 Å². The Kier molecular flexibility index (Phi) is 6.85. The number of hydrogen-bond acceptors (Lipinski definition) is 4. The summed E-state index contributed by atoms with van der Waals surface area (Å²) >= 11 is 0. The second-order valence-corrected chi connectivity index (χ2v) is 5.26. The molecule has 2 aromatic rings. The van der Waals surface area contributed by atoms with Gasteiger partial charge in [-0.1, -0.05) is 36.3 Å². The van der Waals surface area contributed by atoms with Crippen LogP contribution in [-0.4, -0.2) is 23.2 Å². The lowest BCUT2D eigenvalue weighted by Crippen LogP contribution is -2.24. The average molecular weight is 310 g/mol. The van der Waals surface area contributed by atoms with E-state index in [1.165, 1.54) is 11.1 Å². The van der Waals surface area contributed by atoms with E-state index >= 15 is 0 Å². The van der Waals surface area contributed by atoms with Crippen LogP contribution in [0.2, 0.25) is 0 Å². The summed E-state index contributed by atoms with van der Waals surface area (Å²) in [7, 11) is 1.93. The third-order valence-electron chi connectivity index (χ3n) is 3.72. The van der Waals surface area contributed by atoms with Crippen molar-refractivity contribution in [3.05, 3.63) is 47.1 Å². The van der Waals surface area contributed by atoms with E-state index in [-0.39, 0.29) is 18.3 Å². The Morgan fingerprint density at radius 3 is 2.43 bits per heavy atom. The Hall–Kier alpha value is -1.39. The fourth-order valence-corrected chi connectivity index (χ4v) is 2.09. The lowest BCUT2D eigenvalue weighted by molar-refractivity contribution is 0.364. The van der Waals surface area contributed by atoms with E-state index in [1.54, 1.807) is 0 Å². The average Bonchev–Trinajstić information content (AvgIpc) is 2.95. The van der Waals surface area contributed by atoms with Gasteiger partial charge in [-0.2, -0.15) is 4.98 Å². The zero-order chi connectivity index (χ0) is 14.5. The molecule has 0 spiro atoms. The predicted molar refractivity (Wildman–Crippen MR) is 87.1 cm³/mol. The first-order valence-corrected chi connectivity index (χ1v) is 7.22. The van der Waals surface area contributed by atoms with Gasteiger partial charge in [-0.05, 0) is 38.4 Å². The van der Waals surface area contributed by atoms with Crippen molar-refractivity contribution in [1.29, 1.82) is 0 Å². The van der Waals surface area contributed by atoms with Crippen LogP contribution in [-0.2, 0) is 12.8 Å². The summed E-state index contributed by atoms with van der Waals surface area (Å²) in [5.41, 5.74) is 2.55. The maximum atomic E-state index is 5.39. The second kappa shape index (κ2) is 8.15. The minimum Gasteiger partial charge on any atom is -0.339 e. The largest absolute Gasteiger partial charge is 0.339 e. The lowest BCUT2D eigenvalue weighted by atomic mass is 9.99. The maximum absolute atomic E-state index is 5.39. The molecule has 1 N–H and O–H groups in total. The van der Waals surface area contributed by atoms with Gasteiger partial charge in [0.2, 0.25) is 5.89 Å². The van der Waals surface area contributed by atoms with Crippen molar-refractivity contribution in [2.45, 2.75) is 45.6 Å². The topological polar surface area (TPSA) is 51.0 Å². The Morgan fingerprint density at radius 1 is 1.19 bits per heavy atom. The van der Waals surface area contributed by atoms with Crippen LogP contribution in [0.3, 0.4) is 0 Å². The van der Waals surface area contributed by atoms with Crippen LogP contribution in [0.4, 0.5) is 0 Å². The molecule has 4 nitrogen and oxygen atoms in total. The highest BCUT2D eigenvalue weighted by Crippen LogP contribution is 2.23. The minimum absolute atomic E-state index is 0. The van der Waals surface area contributed by atoms with E-state index < -0.39 is 0 Å². The van der Waals surface area contributed by atoms with E-state index in [1.807, 2.05) is 7.05 Å². The molecule has 1 heterocycles. The normalized spacial score (nSPS) is 13.5. The molecule has 2 unspecified atom stereocenters. The highest BCUT2D eigenvalue weighted by atomic mass is 35.5. The molecule has 2 rings (SSSR count). The Labute approximate surface area is 132 Å². The van der Waals surface area contributed by atoms with E-state index in [9.17, 15) is 0 Å². The third kappa shape index (κ3) is 4.55. The molecule has 1 aromatic carbocycles. The SMILES string of the molecule is CCc1ccc(C(C)c2nc(CC(C)NC)no2)cc1.Cl. The van der Waals surface area contributed by atoms with E-state index in [2.05, 4.69) is 60.5 Å². The summed E-state index contributed by atoms with van der Waals surface area (Å²) in [5, 5.41) is 7.23. The van der Waals surface area contributed by atoms with Gasteiger partial charge in [0, 0.05) is 12.5 Å². The van der Waals surface area contributed by atoms with Crippen LogP contribution >= 0.6 is 12.4 Å². The van der Waals surface area contributed by atoms with E-state index in [0.717, 1.165) is 18.7 Å². The van der Waals surface area contributed by atoms with Crippen molar-refractivity contribution < 1.29 is 4.52 Å². The third-order valence-corrected chi connectivity index (χ3v) is 3.72. The van der Waals surface area contributed by atoms with Gasteiger partial charge < -0.3 is 9.84 Å². The number of hydrogen-bond donors (Lipinski definition) is 1. The molecule has 0 aliphatic carbocycles. The zero-order valence-corrected chi connectivity index (χ0v) is 13.9. The van der Waals surface area contributed by atoms with Crippen LogP contribution in [0.25, 0.3) is 0 Å². The highest BCUT2D eigenvalue weighted by molar-refractivity contribution is 5.85. The Bertz CT molecular complexity index is 539. The molecule has 21 heavy (non-hydrogen) atoms. The molecule has 0 aliphatic rings. The smallest absolute Gasteiger partial charge is 0.233 e. The molecular weight excluding hydrogens is 286 g/mol. The number of nitrogens with one attached hydrogen (secondary N) is 1. The van der Waals surface area contributed by atoms with Gasteiger partial charge >= 0.3 is 0 Å². The lowest BCUT2D eigenvalue weighted by Gasteiger charge is -2.07. The van der Waals surface area contributed by atoms with Gasteiger partial charge in [-0.25, -0.2) is 0 Å². The van der Waals surface area contributed by atoms with Crippen LogP contribution < -0.4 is 5.32 Å². The Morgan fingerprint density at radius 2 is 1.86 bits per heavy atom. The number of halogens is 1. The summed E-state index contributed by atoms with van der Waals surface area (Å²) in [6.07, 6.45) is 1.84. The van der Waals surface area contributed by atoms with Crippen molar-refractivity contribution in [2.24, 2.45) is 0 Å². The van der Waals surface area contributed by atoms with Gasteiger partial charge in [0.05, 0.1) is 5.92 Å². The number of rotatable bonds is 6. The summed E-state index contributed by atoms with van der Waals surface area (Å²) in [6.45, 7) is 6.36. The van der Waals surface area contributed by atoms with Crippen LogP contribution in [0, 0.1) is 0 Å². The molecule has 5 heteroatoms. The summed E-state index contributed by atoms with van der Waals surface area (Å²) in [4.78, 5) is 4.50. The van der Waals surface area contributed by atoms with Crippen molar-refractivity contribution in [1.82, 2.24) is 15.5 Å². The van der Waals surface area contributed by atoms with E-state index in [0.29, 0.717) is 11.9 Å². The maximum Gasteiger partial charge on any atom is 0.233 e. The van der Waals surface area contributed by atoms with Crippen molar-refractivity contribution in [2.75, 3.05) is 7.05 Å². The first-order valence-electron chi connectivity index (χ1n) is 7.22. The van der Waals surface area contributed by atoms with Gasteiger partial charge in [-0.3, -0.25) is 0 Å². The second-order valence-electron chi connectivity index (χ2n) is 5.26. The molecule has 0 bridgehead atoms. The molecule has 0 fully saturated rings. The number of aromatic nitrogens is 2. The monoisotopic (exact) mass is 309 g/mol. The van der Waals surface area contributed by atoms with Gasteiger partial charge in [0.25, 0.3) is 0 Å². The molecule has 1 aromatic heterocycles. The molecule has 0 saturated heterocycles.